The normalized spacial score (nSPS) is 13.8. The molecule has 0 spiro atoms. The summed E-state index contributed by atoms with van der Waals surface area (Å²) in [7, 11) is 0. The Labute approximate surface area is 181 Å². The van der Waals surface area contributed by atoms with Gasteiger partial charge in [-0.25, -0.2) is 0 Å². The van der Waals surface area contributed by atoms with Crippen molar-refractivity contribution in [2.75, 3.05) is 0 Å². The molecule has 0 saturated heterocycles. The highest BCUT2D eigenvalue weighted by Gasteiger charge is 2.27. The van der Waals surface area contributed by atoms with Gasteiger partial charge < -0.3 is 9.47 Å². The average Bonchev–Trinajstić information content (AvgIpc) is 3.04. The molecule has 1 aliphatic rings. The largest absolute Gasteiger partial charge is 0.489 e. The topological polar surface area (TPSA) is 78.7 Å². The van der Waals surface area contributed by atoms with Gasteiger partial charge in [0.1, 0.15) is 18.1 Å². The van der Waals surface area contributed by atoms with Gasteiger partial charge in [-0.1, -0.05) is 29.3 Å². The first-order valence-corrected chi connectivity index (χ1v) is 9.56. The Morgan fingerprint density at radius 3 is 2.47 bits per heavy atom. The molecule has 6 nitrogen and oxygen atoms in total. The number of hydrogen-bond acceptors (Lipinski definition) is 5. The van der Waals surface area contributed by atoms with E-state index in [0.717, 1.165) is 5.56 Å². The van der Waals surface area contributed by atoms with Crippen LogP contribution < -0.4 is 9.47 Å². The molecule has 150 valence electrons. The van der Waals surface area contributed by atoms with E-state index in [1.54, 1.807) is 48.5 Å². The number of nitrogens with zero attached hydrogens (tertiary/aromatic N) is 1. The van der Waals surface area contributed by atoms with Gasteiger partial charge in [0.25, 0.3) is 5.69 Å². The molecule has 0 unspecified atom stereocenters. The zero-order chi connectivity index (χ0) is 21.3. The highest BCUT2D eigenvalue weighted by Crippen LogP contribution is 2.35. The third-order valence-electron chi connectivity index (χ3n) is 4.43. The van der Waals surface area contributed by atoms with Gasteiger partial charge in [0.05, 0.1) is 20.5 Å². The summed E-state index contributed by atoms with van der Waals surface area (Å²) >= 11 is 11.9. The molecule has 3 aromatic rings. The molecule has 0 aliphatic carbocycles. The lowest BCUT2D eigenvalue weighted by Crippen LogP contribution is -1.98. The van der Waals surface area contributed by atoms with Crippen LogP contribution in [0.15, 0.2) is 66.4 Å². The summed E-state index contributed by atoms with van der Waals surface area (Å²) in [5.41, 5.74) is 1.86. The Hall–Kier alpha value is -3.35. The zero-order valence-electron chi connectivity index (χ0n) is 15.3. The Kier molecular flexibility index (Phi) is 5.44. The third-order valence-corrected chi connectivity index (χ3v) is 5.17. The first-order chi connectivity index (χ1) is 14.4. The average molecular weight is 442 g/mol. The van der Waals surface area contributed by atoms with E-state index in [4.69, 9.17) is 32.7 Å². The summed E-state index contributed by atoms with van der Waals surface area (Å²) in [5.74, 6) is 0.795. The van der Waals surface area contributed by atoms with E-state index in [2.05, 4.69) is 0 Å². The second-order valence-electron chi connectivity index (χ2n) is 6.48. The van der Waals surface area contributed by atoms with Gasteiger partial charge in [0.15, 0.2) is 5.76 Å². The van der Waals surface area contributed by atoms with Crippen LogP contribution in [0.1, 0.15) is 21.5 Å². The minimum absolute atomic E-state index is 0.0251. The Bertz CT molecular complexity index is 1190. The van der Waals surface area contributed by atoms with Gasteiger partial charge in [-0.3, -0.25) is 14.9 Å². The maximum Gasteiger partial charge on any atom is 0.269 e. The third kappa shape index (κ3) is 4.15. The van der Waals surface area contributed by atoms with Crippen molar-refractivity contribution in [2.45, 2.75) is 6.61 Å². The van der Waals surface area contributed by atoms with Crippen molar-refractivity contribution in [1.29, 1.82) is 0 Å². The van der Waals surface area contributed by atoms with Crippen LogP contribution in [0, 0.1) is 10.1 Å². The summed E-state index contributed by atoms with van der Waals surface area (Å²) < 4.78 is 11.4. The number of ketones is 1. The molecule has 0 radical (unpaired) electrons. The fraction of sp³-hybridized carbons (Fsp3) is 0.0455. The van der Waals surface area contributed by atoms with Crippen LogP contribution in [-0.4, -0.2) is 10.7 Å². The van der Waals surface area contributed by atoms with Crippen molar-refractivity contribution >= 4 is 40.7 Å². The Morgan fingerprint density at radius 2 is 1.77 bits per heavy atom. The van der Waals surface area contributed by atoms with Crippen molar-refractivity contribution < 1.29 is 19.2 Å². The summed E-state index contributed by atoms with van der Waals surface area (Å²) in [6.07, 6.45) is 1.54. The van der Waals surface area contributed by atoms with Crippen molar-refractivity contribution in [3.8, 4) is 11.5 Å². The number of carbonyl (C=O) groups is 1. The smallest absolute Gasteiger partial charge is 0.269 e. The number of nitro groups is 1. The van der Waals surface area contributed by atoms with Gasteiger partial charge in [0.2, 0.25) is 5.78 Å². The second-order valence-corrected chi connectivity index (χ2v) is 7.30. The molecule has 30 heavy (non-hydrogen) atoms. The minimum atomic E-state index is -0.483. The van der Waals surface area contributed by atoms with Crippen LogP contribution in [0.5, 0.6) is 11.5 Å². The van der Waals surface area contributed by atoms with Crippen molar-refractivity contribution in [3.63, 3.8) is 0 Å². The summed E-state index contributed by atoms with van der Waals surface area (Å²) in [6, 6.07) is 16.0. The standard InChI is InChI=1S/C22H13Cl2NO5/c23-18-8-3-14(9-19(18)24)12-29-16-6-7-17-20(11-16)30-21(22(17)26)10-13-1-4-15(5-2-13)25(27)28/h1-11H,12H2/b21-10-. The Balaban J connectivity index is 1.49. The molecule has 8 heteroatoms. The van der Waals surface area contributed by atoms with Crippen LogP contribution >= 0.6 is 23.2 Å². The number of nitro benzene ring substituents is 1. The van der Waals surface area contributed by atoms with E-state index in [1.165, 1.54) is 12.1 Å². The molecular formula is C22H13Cl2NO5. The molecule has 0 bridgehead atoms. The number of halogens is 2. The monoisotopic (exact) mass is 441 g/mol. The van der Waals surface area contributed by atoms with E-state index in [0.29, 0.717) is 32.7 Å². The van der Waals surface area contributed by atoms with Gasteiger partial charge in [0, 0.05) is 18.2 Å². The number of non-ortho nitro benzene ring substituents is 1. The molecular weight excluding hydrogens is 429 g/mol. The van der Waals surface area contributed by atoms with Crippen molar-refractivity contribution in [1.82, 2.24) is 0 Å². The lowest BCUT2D eigenvalue weighted by atomic mass is 10.1. The number of allylic oxidation sites excluding steroid dienone is 1. The molecule has 4 rings (SSSR count). The lowest BCUT2D eigenvalue weighted by molar-refractivity contribution is -0.384. The number of rotatable bonds is 5. The van der Waals surface area contributed by atoms with Crippen LogP contribution in [0.2, 0.25) is 10.0 Å². The van der Waals surface area contributed by atoms with Gasteiger partial charge in [-0.2, -0.15) is 0 Å². The first kappa shape index (κ1) is 19.9. The van der Waals surface area contributed by atoms with Crippen LogP contribution in [0.4, 0.5) is 5.69 Å². The molecule has 0 N–H and O–H groups in total. The maximum absolute atomic E-state index is 12.6. The zero-order valence-corrected chi connectivity index (χ0v) is 16.8. The number of fused-ring (bicyclic) bond motifs is 1. The number of hydrogen-bond donors (Lipinski definition) is 0. The minimum Gasteiger partial charge on any atom is -0.489 e. The molecule has 0 atom stereocenters. The van der Waals surface area contributed by atoms with Crippen LogP contribution in [-0.2, 0) is 6.61 Å². The number of carbonyl (C=O) groups excluding carboxylic acids is 1. The summed E-state index contributed by atoms with van der Waals surface area (Å²) in [6.45, 7) is 0.273. The summed E-state index contributed by atoms with van der Waals surface area (Å²) in [5, 5.41) is 11.7. The fourth-order valence-corrected chi connectivity index (χ4v) is 3.22. The molecule has 1 heterocycles. The number of benzene rings is 3. The van der Waals surface area contributed by atoms with Crippen molar-refractivity contribution in [3.05, 3.63) is 103 Å². The van der Waals surface area contributed by atoms with Crippen LogP contribution in [0.3, 0.4) is 0 Å². The maximum atomic E-state index is 12.6. The fourth-order valence-electron chi connectivity index (χ4n) is 2.90. The quantitative estimate of drug-likeness (QED) is 0.271. The van der Waals surface area contributed by atoms with Gasteiger partial charge in [-0.15, -0.1) is 0 Å². The molecule has 0 amide bonds. The highest BCUT2D eigenvalue weighted by molar-refractivity contribution is 6.42. The molecule has 3 aromatic carbocycles. The Morgan fingerprint density at radius 1 is 1.00 bits per heavy atom. The van der Waals surface area contributed by atoms with E-state index in [-0.39, 0.29) is 23.8 Å². The number of ether oxygens (including phenoxy) is 2. The molecule has 0 saturated carbocycles. The molecule has 0 aromatic heterocycles. The van der Waals surface area contributed by atoms with E-state index >= 15 is 0 Å². The van der Waals surface area contributed by atoms with E-state index in [1.807, 2.05) is 6.07 Å². The van der Waals surface area contributed by atoms with Gasteiger partial charge >= 0.3 is 0 Å². The lowest BCUT2D eigenvalue weighted by Gasteiger charge is -2.08. The van der Waals surface area contributed by atoms with E-state index < -0.39 is 4.92 Å². The predicted molar refractivity (Wildman–Crippen MR) is 113 cm³/mol. The SMILES string of the molecule is O=C1/C(=C/c2ccc([N+](=O)[O-])cc2)Oc2cc(OCc3ccc(Cl)c(Cl)c3)ccc21. The first-order valence-electron chi connectivity index (χ1n) is 8.80. The van der Waals surface area contributed by atoms with E-state index in [9.17, 15) is 14.9 Å². The highest BCUT2D eigenvalue weighted by atomic mass is 35.5. The van der Waals surface area contributed by atoms with Crippen molar-refractivity contribution in [2.24, 2.45) is 0 Å². The predicted octanol–water partition coefficient (Wildman–Crippen LogP) is 6.10. The second kappa shape index (κ2) is 8.18. The summed E-state index contributed by atoms with van der Waals surface area (Å²) in [4.78, 5) is 22.8. The molecule has 0 fully saturated rings. The number of Topliss-reactive ketones (excluding diaryl/α,β-unsaturated/α-hetero) is 1. The molecule has 1 aliphatic heterocycles. The van der Waals surface area contributed by atoms with Crippen LogP contribution in [0.25, 0.3) is 6.08 Å². The van der Waals surface area contributed by atoms with Gasteiger partial charge in [-0.05, 0) is 53.6 Å².